The first-order valence-electron chi connectivity index (χ1n) is 4.92. The maximum atomic E-state index is 5.69. The molecule has 0 aliphatic rings. The molecule has 1 atom stereocenters. The average molecular weight is 206 g/mol. The number of imidazole rings is 1. The molecule has 0 spiro atoms. The summed E-state index contributed by atoms with van der Waals surface area (Å²) in [5.41, 5.74) is 13.0. The van der Waals surface area contributed by atoms with Crippen molar-refractivity contribution in [1.29, 1.82) is 0 Å². The van der Waals surface area contributed by atoms with Gasteiger partial charge in [-0.05, 0) is 6.42 Å². The molecule has 0 radical (unpaired) electrons. The van der Waals surface area contributed by atoms with E-state index in [4.69, 9.17) is 11.5 Å². The van der Waals surface area contributed by atoms with E-state index >= 15 is 0 Å². The second-order valence-electron chi connectivity index (χ2n) is 3.40. The van der Waals surface area contributed by atoms with Gasteiger partial charge in [-0.3, -0.25) is 0 Å². The van der Waals surface area contributed by atoms with Gasteiger partial charge in [0.15, 0.2) is 11.5 Å². The van der Waals surface area contributed by atoms with Crippen molar-refractivity contribution in [2.45, 2.75) is 19.3 Å². The summed E-state index contributed by atoms with van der Waals surface area (Å²) >= 11 is 0. The normalized spacial score (nSPS) is 13.2. The molecule has 2 rings (SSSR count). The smallest absolute Gasteiger partial charge is 0.196 e. The molecule has 2 aromatic rings. The van der Waals surface area contributed by atoms with Gasteiger partial charge in [0.25, 0.3) is 0 Å². The Morgan fingerprint density at radius 1 is 1.47 bits per heavy atom. The maximum Gasteiger partial charge on any atom is 0.196 e. The number of anilines is 1. The van der Waals surface area contributed by atoms with Crippen molar-refractivity contribution in [2.24, 2.45) is 5.73 Å². The van der Waals surface area contributed by atoms with Gasteiger partial charge < -0.3 is 11.5 Å². The van der Waals surface area contributed by atoms with E-state index in [-0.39, 0.29) is 5.92 Å². The number of rotatable bonds is 3. The number of nitrogen functional groups attached to an aromatic ring is 1. The van der Waals surface area contributed by atoms with Crippen LogP contribution in [0.1, 0.15) is 25.0 Å². The first kappa shape index (κ1) is 9.85. The summed E-state index contributed by atoms with van der Waals surface area (Å²) < 4.78 is 1.71. The summed E-state index contributed by atoms with van der Waals surface area (Å²) in [6, 6.07) is 0. The standard InChI is InChI=1S/C9H14N6/c1-2-6(3-10)7-4-12-9-8(11)13-5-14-15(7)9/h4-6H,2-3,10H2,1H3,(H2,11,13,14). The lowest BCUT2D eigenvalue weighted by molar-refractivity contribution is 0.631. The maximum absolute atomic E-state index is 5.69. The molecular formula is C9H14N6. The lowest BCUT2D eigenvalue weighted by atomic mass is 10.0. The quantitative estimate of drug-likeness (QED) is 0.745. The minimum absolute atomic E-state index is 0.259. The van der Waals surface area contributed by atoms with Gasteiger partial charge in [0.2, 0.25) is 0 Å². The van der Waals surface area contributed by atoms with Crippen molar-refractivity contribution < 1.29 is 0 Å². The molecule has 2 heterocycles. The van der Waals surface area contributed by atoms with Crippen LogP contribution in [0, 0.1) is 0 Å². The highest BCUT2D eigenvalue weighted by Gasteiger charge is 2.14. The Bertz CT molecular complexity index is 459. The van der Waals surface area contributed by atoms with E-state index < -0.39 is 0 Å². The van der Waals surface area contributed by atoms with Crippen molar-refractivity contribution in [3.63, 3.8) is 0 Å². The van der Waals surface area contributed by atoms with Crippen molar-refractivity contribution >= 4 is 11.5 Å². The number of hydrogen-bond acceptors (Lipinski definition) is 5. The summed E-state index contributed by atoms with van der Waals surface area (Å²) in [6.45, 7) is 2.66. The fraction of sp³-hybridized carbons (Fsp3) is 0.444. The summed E-state index contributed by atoms with van der Waals surface area (Å²) in [4.78, 5) is 8.08. The third-order valence-corrected chi connectivity index (χ3v) is 2.55. The third-order valence-electron chi connectivity index (χ3n) is 2.55. The Kier molecular flexibility index (Phi) is 2.51. The summed E-state index contributed by atoms with van der Waals surface area (Å²) in [6.07, 6.45) is 4.15. The number of aromatic nitrogens is 4. The van der Waals surface area contributed by atoms with Crippen molar-refractivity contribution in [3.05, 3.63) is 18.2 Å². The first-order valence-corrected chi connectivity index (χ1v) is 4.92. The molecule has 0 aliphatic heterocycles. The van der Waals surface area contributed by atoms with Crippen LogP contribution < -0.4 is 11.5 Å². The molecule has 0 fully saturated rings. The highest BCUT2D eigenvalue weighted by atomic mass is 15.3. The van der Waals surface area contributed by atoms with Crippen LogP contribution in [-0.4, -0.2) is 26.1 Å². The van der Waals surface area contributed by atoms with Gasteiger partial charge in [0.05, 0.1) is 11.9 Å². The average Bonchev–Trinajstić information content (AvgIpc) is 2.66. The van der Waals surface area contributed by atoms with Crippen LogP contribution in [0.25, 0.3) is 5.65 Å². The first-order chi connectivity index (χ1) is 7.27. The van der Waals surface area contributed by atoms with E-state index in [1.807, 2.05) is 0 Å². The van der Waals surface area contributed by atoms with Gasteiger partial charge in [0, 0.05) is 12.5 Å². The van der Waals surface area contributed by atoms with Gasteiger partial charge in [-0.1, -0.05) is 6.92 Å². The number of fused-ring (bicyclic) bond motifs is 1. The second kappa shape index (κ2) is 3.82. The topological polar surface area (TPSA) is 95.1 Å². The zero-order valence-electron chi connectivity index (χ0n) is 8.59. The van der Waals surface area contributed by atoms with E-state index in [0.717, 1.165) is 12.1 Å². The lowest BCUT2D eigenvalue weighted by Crippen LogP contribution is -2.14. The fourth-order valence-corrected chi connectivity index (χ4v) is 1.63. The second-order valence-corrected chi connectivity index (χ2v) is 3.40. The molecule has 0 bridgehead atoms. The van der Waals surface area contributed by atoms with Crippen molar-refractivity contribution in [3.8, 4) is 0 Å². The number of nitrogens with zero attached hydrogens (tertiary/aromatic N) is 4. The van der Waals surface area contributed by atoms with Crippen molar-refractivity contribution in [2.75, 3.05) is 12.3 Å². The molecule has 0 aromatic carbocycles. The van der Waals surface area contributed by atoms with Crippen LogP contribution in [0.5, 0.6) is 0 Å². The van der Waals surface area contributed by atoms with Gasteiger partial charge in [-0.2, -0.15) is 5.10 Å². The predicted octanol–water partition coefficient (Wildman–Crippen LogP) is 0.159. The Hall–Kier alpha value is -1.69. The third kappa shape index (κ3) is 1.52. The minimum Gasteiger partial charge on any atom is -0.381 e. The highest BCUT2D eigenvalue weighted by molar-refractivity contribution is 5.58. The molecule has 6 nitrogen and oxygen atoms in total. The minimum atomic E-state index is 0.259. The van der Waals surface area contributed by atoms with Gasteiger partial charge in [-0.25, -0.2) is 14.5 Å². The van der Waals surface area contributed by atoms with E-state index in [0.29, 0.717) is 18.0 Å². The molecular weight excluding hydrogens is 192 g/mol. The molecule has 80 valence electrons. The summed E-state index contributed by atoms with van der Waals surface area (Å²) in [7, 11) is 0. The fourth-order valence-electron chi connectivity index (χ4n) is 1.63. The van der Waals surface area contributed by atoms with Gasteiger partial charge >= 0.3 is 0 Å². The Morgan fingerprint density at radius 3 is 2.93 bits per heavy atom. The predicted molar refractivity (Wildman–Crippen MR) is 57.3 cm³/mol. The number of nitrogens with two attached hydrogens (primary N) is 2. The Labute approximate surface area is 87.3 Å². The van der Waals surface area contributed by atoms with E-state index in [9.17, 15) is 0 Å². The molecule has 4 N–H and O–H groups in total. The van der Waals surface area contributed by atoms with Crippen LogP contribution in [0.3, 0.4) is 0 Å². The van der Waals surface area contributed by atoms with Gasteiger partial charge in [0.1, 0.15) is 6.33 Å². The molecule has 2 aromatic heterocycles. The van der Waals surface area contributed by atoms with Crippen molar-refractivity contribution in [1.82, 2.24) is 19.6 Å². The van der Waals surface area contributed by atoms with E-state index in [2.05, 4.69) is 22.0 Å². The molecule has 0 amide bonds. The van der Waals surface area contributed by atoms with Crippen LogP contribution in [-0.2, 0) is 0 Å². The molecule has 0 saturated carbocycles. The highest BCUT2D eigenvalue weighted by Crippen LogP contribution is 2.19. The summed E-state index contributed by atoms with van der Waals surface area (Å²) in [5, 5.41) is 4.13. The largest absolute Gasteiger partial charge is 0.381 e. The van der Waals surface area contributed by atoms with Crippen LogP contribution in [0.2, 0.25) is 0 Å². The Morgan fingerprint density at radius 2 is 2.27 bits per heavy atom. The van der Waals surface area contributed by atoms with Crippen LogP contribution in [0.4, 0.5) is 5.82 Å². The van der Waals surface area contributed by atoms with Gasteiger partial charge in [-0.15, -0.1) is 0 Å². The zero-order chi connectivity index (χ0) is 10.8. The molecule has 0 saturated heterocycles. The zero-order valence-corrected chi connectivity index (χ0v) is 8.59. The lowest BCUT2D eigenvalue weighted by Gasteiger charge is -2.10. The molecule has 1 unspecified atom stereocenters. The SMILES string of the molecule is CCC(CN)c1cnc2c(N)ncnn12. The summed E-state index contributed by atoms with van der Waals surface area (Å²) in [5.74, 6) is 0.650. The molecule has 0 aliphatic carbocycles. The van der Waals surface area contributed by atoms with Crippen LogP contribution >= 0.6 is 0 Å². The molecule has 15 heavy (non-hydrogen) atoms. The van der Waals surface area contributed by atoms with E-state index in [1.165, 1.54) is 6.33 Å². The van der Waals surface area contributed by atoms with Crippen LogP contribution in [0.15, 0.2) is 12.5 Å². The Balaban J connectivity index is 2.58. The number of hydrogen-bond donors (Lipinski definition) is 2. The molecule has 6 heteroatoms. The monoisotopic (exact) mass is 206 g/mol. The van der Waals surface area contributed by atoms with E-state index in [1.54, 1.807) is 10.7 Å².